The van der Waals surface area contributed by atoms with Crippen molar-refractivity contribution in [1.82, 2.24) is 20.3 Å². The Labute approximate surface area is 177 Å². The Balaban J connectivity index is 0.00000101. The van der Waals surface area contributed by atoms with Crippen molar-refractivity contribution >= 4 is 22.2 Å². The molecule has 3 rings (SSSR count). The predicted octanol–water partition coefficient (Wildman–Crippen LogP) is 6.11. The molecule has 1 aromatic carbocycles. The molecule has 0 aliphatic carbocycles. The third kappa shape index (κ3) is 5.83. The molecule has 0 aliphatic heterocycles. The van der Waals surface area contributed by atoms with Crippen molar-refractivity contribution in [3.05, 3.63) is 71.3 Å². The molecule has 2 heterocycles. The third-order valence-electron chi connectivity index (χ3n) is 4.63. The van der Waals surface area contributed by atoms with E-state index < -0.39 is 5.92 Å². The number of H-pyrrole nitrogens is 1. The van der Waals surface area contributed by atoms with Crippen LogP contribution in [0.1, 0.15) is 49.8 Å². The molecule has 4 nitrogen and oxygen atoms in total. The number of aromatic amines is 1. The standard InChI is InChI=1S/C22H23F2N3.C2H7N/c1-5-16(18-7-6-12-25-15(18)3)9-8-14(2)21-26-19-11-10-17(22(4,23)24)13-20(19)27-21;1-3-2/h6-13H,5H2,1-4H3,(H,26,27);3H,1-2H3/b14-8+,16-9+;. The number of aromatic nitrogens is 3. The number of fused-ring (bicyclic) bond motifs is 1. The molecule has 0 spiro atoms. The number of nitrogens with zero attached hydrogens (tertiary/aromatic N) is 2. The lowest BCUT2D eigenvalue weighted by molar-refractivity contribution is 0.0176. The average molecular weight is 413 g/mol. The van der Waals surface area contributed by atoms with Crippen LogP contribution in [0, 0.1) is 6.92 Å². The lowest BCUT2D eigenvalue weighted by Crippen LogP contribution is -2.06. The summed E-state index contributed by atoms with van der Waals surface area (Å²) in [6.07, 6.45) is 6.73. The lowest BCUT2D eigenvalue weighted by atomic mass is 10.0. The van der Waals surface area contributed by atoms with Gasteiger partial charge in [-0.15, -0.1) is 0 Å². The number of pyridine rings is 1. The number of alkyl halides is 2. The van der Waals surface area contributed by atoms with Gasteiger partial charge in [-0.25, -0.2) is 13.8 Å². The maximum absolute atomic E-state index is 13.5. The summed E-state index contributed by atoms with van der Waals surface area (Å²) in [6, 6.07) is 8.51. The van der Waals surface area contributed by atoms with Gasteiger partial charge in [-0.2, -0.15) is 0 Å². The van der Waals surface area contributed by atoms with Gasteiger partial charge in [-0.3, -0.25) is 4.98 Å². The van der Waals surface area contributed by atoms with Gasteiger partial charge in [0.05, 0.1) is 11.0 Å². The zero-order valence-electron chi connectivity index (χ0n) is 18.5. The number of hydrogen-bond acceptors (Lipinski definition) is 3. The molecule has 6 heteroatoms. The Morgan fingerprint density at radius 2 is 1.90 bits per heavy atom. The molecule has 0 radical (unpaired) electrons. The minimum absolute atomic E-state index is 0.0212. The number of rotatable bonds is 5. The van der Waals surface area contributed by atoms with Crippen molar-refractivity contribution < 1.29 is 8.78 Å². The van der Waals surface area contributed by atoms with Crippen molar-refractivity contribution in [2.24, 2.45) is 0 Å². The Bertz CT molecular complexity index is 1040. The topological polar surface area (TPSA) is 53.6 Å². The van der Waals surface area contributed by atoms with Gasteiger partial charge in [0.25, 0.3) is 5.92 Å². The van der Waals surface area contributed by atoms with Crippen molar-refractivity contribution in [3.63, 3.8) is 0 Å². The highest BCUT2D eigenvalue weighted by atomic mass is 19.3. The summed E-state index contributed by atoms with van der Waals surface area (Å²) in [5, 5.41) is 2.75. The predicted molar refractivity (Wildman–Crippen MR) is 122 cm³/mol. The molecular weight excluding hydrogens is 382 g/mol. The van der Waals surface area contributed by atoms with Gasteiger partial charge in [0.15, 0.2) is 0 Å². The second kappa shape index (κ2) is 10.3. The summed E-state index contributed by atoms with van der Waals surface area (Å²) >= 11 is 0. The summed E-state index contributed by atoms with van der Waals surface area (Å²) < 4.78 is 27.1. The third-order valence-corrected chi connectivity index (χ3v) is 4.63. The van der Waals surface area contributed by atoms with Gasteiger partial charge in [-0.05, 0) is 69.3 Å². The first-order valence-electron chi connectivity index (χ1n) is 9.97. The highest BCUT2D eigenvalue weighted by molar-refractivity contribution is 5.80. The molecule has 0 aliphatic rings. The van der Waals surface area contributed by atoms with Gasteiger partial charge in [0, 0.05) is 24.4 Å². The highest BCUT2D eigenvalue weighted by Gasteiger charge is 2.24. The minimum Gasteiger partial charge on any atom is -0.338 e. The fourth-order valence-corrected chi connectivity index (χ4v) is 3.00. The van der Waals surface area contributed by atoms with Crippen LogP contribution in [0.3, 0.4) is 0 Å². The van der Waals surface area contributed by atoms with Crippen LogP contribution in [0.4, 0.5) is 8.78 Å². The van der Waals surface area contributed by atoms with E-state index >= 15 is 0 Å². The maximum Gasteiger partial charge on any atom is 0.270 e. The number of aryl methyl sites for hydroxylation is 1. The Hall–Kier alpha value is -2.86. The van der Waals surface area contributed by atoms with Crippen molar-refractivity contribution in [2.75, 3.05) is 14.1 Å². The largest absolute Gasteiger partial charge is 0.338 e. The number of hydrogen-bond donors (Lipinski definition) is 2. The number of benzene rings is 1. The molecule has 2 aromatic heterocycles. The summed E-state index contributed by atoms with van der Waals surface area (Å²) in [6.45, 7) is 6.95. The average Bonchev–Trinajstić information content (AvgIpc) is 3.13. The van der Waals surface area contributed by atoms with Crippen LogP contribution in [-0.4, -0.2) is 29.0 Å². The van der Waals surface area contributed by atoms with Crippen LogP contribution >= 0.6 is 0 Å². The molecule has 0 saturated carbocycles. The van der Waals surface area contributed by atoms with Crippen LogP contribution in [0.2, 0.25) is 0 Å². The molecule has 3 aromatic rings. The second-order valence-corrected chi connectivity index (χ2v) is 7.24. The number of halogens is 2. The van der Waals surface area contributed by atoms with Crippen LogP contribution in [-0.2, 0) is 5.92 Å². The molecule has 0 saturated heterocycles. The first kappa shape index (κ1) is 23.4. The lowest BCUT2D eigenvalue weighted by Gasteiger charge is -2.09. The molecule has 160 valence electrons. The molecule has 0 fully saturated rings. The molecule has 0 unspecified atom stereocenters. The van der Waals surface area contributed by atoms with E-state index in [1.807, 2.05) is 40.1 Å². The van der Waals surface area contributed by atoms with Crippen molar-refractivity contribution in [3.8, 4) is 0 Å². The van der Waals surface area contributed by atoms with E-state index in [0.717, 1.165) is 30.2 Å². The van der Waals surface area contributed by atoms with E-state index in [4.69, 9.17) is 0 Å². The monoisotopic (exact) mass is 412 g/mol. The number of nitrogens with one attached hydrogen (secondary N) is 2. The van der Waals surface area contributed by atoms with E-state index in [1.165, 1.54) is 17.7 Å². The van der Waals surface area contributed by atoms with Crippen molar-refractivity contribution in [2.45, 2.75) is 40.0 Å². The first-order chi connectivity index (χ1) is 14.2. The molecule has 0 amide bonds. The summed E-state index contributed by atoms with van der Waals surface area (Å²) in [5.41, 5.74) is 5.50. The van der Waals surface area contributed by atoms with Crippen LogP contribution < -0.4 is 5.32 Å². The quantitative estimate of drug-likeness (QED) is 0.497. The van der Waals surface area contributed by atoms with Gasteiger partial charge < -0.3 is 10.3 Å². The molecule has 0 bridgehead atoms. The highest BCUT2D eigenvalue weighted by Crippen LogP contribution is 2.29. The van der Waals surface area contributed by atoms with E-state index in [0.29, 0.717) is 16.9 Å². The number of allylic oxidation sites excluding steroid dienone is 4. The van der Waals surface area contributed by atoms with Crippen LogP contribution in [0.15, 0.2) is 48.7 Å². The summed E-state index contributed by atoms with van der Waals surface area (Å²) in [7, 11) is 3.75. The maximum atomic E-state index is 13.5. The minimum atomic E-state index is -2.87. The van der Waals surface area contributed by atoms with E-state index in [9.17, 15) is 8.78 Å². The molecule has 30 heavy (non-hydrogen) atoms. The zero-order chi connectivity index (χ0) is 22.3. The Morgan fingerprint density at radius 1 is 1.20 bits per heavy atom. The van der Waals surface area contributed by atoms with E-state index in [2.05, 4.69) is 39.3 Å². The fourth-order valence-electron chi connectivity index (χ4n) is 3.00. The van der Waals surface area contributed by atoms with E-state index in [-0.39, 0.29) is 5.56 Å². The van der Waals surface area contributed by atoms with Gasteiger partial charge in [-0.1, -0.05) is 31.2 Å². The fraction of sp³-hybridized carbons (Fsp3) is 0.333. The summed E-state index contributed by atoms with van der Waals surface area (Å²) in [5.74, 6) is -2.19. The van der Waals surface area contributed by atoms with Crippen molar-refractivity contribution in [1.29, 1.82) is 0 Å². The SMILES string of the molecule is CC/C(=C\C=C(/C)c1nc2ccc(C(C)(F)F)cc2[nH]1)c1cccnc1C.CNC. The second-order valence-electron chi connectivity index (χ2n) is 7.24. The molecular formula is C24H30F2N4. The van der Waals surface area contributed by atoms with Gasteiger partial charge in [0.2, 0.25) is 0 Å². The Kier molecular flexibility index (Phi) is 8.00. The number of imidazole rings is 1. The molecule has 0 atom stereocenters. The van der Waals surface area contributed by atoms with Gasteiger partial charge in [0.1, 0.15) is 5.82 Å². The smallest absolute Gasteiger partial charge is 0.270 e. The zero-order valence-corrected chi connectivity index (χ0v) is 18.5. The van der Waals surface area contributed by atoms with Gasteiger partial charge >= 0.3 is 0 Å². The first-order valence-corrected chi connectivity index (χ1v) is 9.97. The van der Waals surface area contributed by atoms with E-state index in [1.54, 1.807) is 12.3 Å². The van der Waals surface area contributed by atoms with Crippen LogP contribution in [0.5, 0.6) is 0 Å². The van der Waals surface area contributed by atoms with Crippen LogP contribution in [0.25, 0.3) is 22.2 Å². The summed E-state index contributed by atoms with van der Waals surface area (Å²) in [4.78, 5) is 12.0. The molecule has 2 N–H and O–H groups in total. The normalized spacial score (nSPS) is 12.7. The Morgan fingerprint density at radius 3 is 2.50 bits per heavy atom.